The second-order valence-electron chi connectivity index (χ2n) is 5.95. The molecule has 8 heteroatoms. The number of nitrogens with one attached hydrogen (secondary N) is 2. The zero-order valence-electron chi connectivity index (χ0n) is 15.5. The van der Waals surface area contributed by atoms with Crippen LogP contribution in [-0.4, -0.2) is 56.5 Å². The third kappa shape index (κ3) is 7.36. The van der Waals surface area contributed by atoms with Crippen LogP contribution in [0.25, 0.3) is 0 Å². The second kappa shape index (κ2) is 12.0. The van der Waals surface area contributed by atoms with Gasteiger partial charge in [-0.3, -0.25) is 4.99 Å². The van der Waals surface area contributed by atoms with Gasteiger partial charge in [-0.15, -0.1) is 35.3 Å². The van der Waals surface area contributed by atoms with E-state index in [1.807, 2.05) is 6.20 Å². The third-order valence-electron chi connectivity index (χ3n) is 4.29. The van der Waals surface area contributed by atoms with Gasteiger partial charge >= 0.3 is 0 Å². The van der Waals surface area contributed by atoms with Gasteiger partial charge in [-0.2, -0.15) is 0 Å². The van der Waals surface area contributed by atoms with Crippen LogP contribution in [0.1, 0.15) is 36.6 Å². The highest BCUT2D eigenvalue weighted by Gasteiger charge is 2.32. The molecule has 1 aliphatic heterocycles. The molecule has 0 aromatic carbocycles. The van der Waals surface area contributed by atoms with E-state index in [0.717, 1.165) is 57.9 Å². The van der Waals surface area contributed by atoms with E-state index in [1.165, 1.54) is 9.88 Å². The summed E-state index contributed by atoms with van der Waals surface area (Å²) in [6.07, 6.45) is 5.74. The monoisotopic (exact) mass is 482 g/mol. The molecule has 6 nitrogen and oxygen atoms in total. The molecule has 2 heterocycles. The van der Waals surface area contributed by atoms with Crippen LogP contribution in [0.5, 0.6) is 0 Å². The lowest BCUT2D eigenvalue weighted by atomic mass is 9.94. The SMILES string of the molecule is CCNC(=NCC1(OC)CCOCC1)NCCc1ncc(CC)s1.I. The predicted molar refractivity (Wildman–Crippen MR) is 114 cm³/mol. The lowest BCUT2D eigenvalue weighted by Gasteiger charge is -2.34. The first-order valence-corrected chi connectivity index (χ1v) is 9.61. The van der Waals surface area contributed by atoms with Crippen molar-refractivity contribution in [1.82, 2.24) is 15.6 Å². The Morgan fingerprint density at radius 1 is 1.36 bits per heavy atom. The molecule has 1 aromatic rings. The quantitative estimate of drug-likeness (QED) is 0.339. The Labute approximate surface area is 172 Å². The average Bonchev–Trinajstić information content (AvgIpc) is 3.08. The fraction of sp³-hybridized carbons (Fsp3) is 0.765. The highest BCUT2D eigenvalue weighted by atomic mass is 127. The number of guanidine groups is 1. The Hall–Kier alpha value is -0.450. The zero-order valence-corrected chi connectivity index (χ0v) is 18.6. The number of methoxy groups -OCH3 is 1. The van der Waals surface area contributed by atoms with Crippen molar-refractivity contribution in [3.63, 3.8) is 0 Å². The van der Waals surface area contributed by atoms with Crippen LogP contribution in [0.3, 0.4) is 0 Å². The maximum atomic E-state index is 5.75. The number of aliphatic imine (C=N–C) groups is 1. The van der Waals surface area contributed by atoms with Gasteiger partial charge in [0.1, 0.15) is 0 Å². The van der Waals surface area contributed by atoms with Crippen molar-refractivity contribution in [3.05, 3.63) is 16.1 Å². The first kappa shape index (κ1) is 22.6. The average molecular weight is 482 g/mol. The fourth-order valence-corrected chi connectivity index (χ4v) is 3.51. The minimum atomic E-state index is -0.189. The number of thiazole rings is 1. The molecule has 0 amide bonds. The highest BCUT2D eigenvalue weighted by molar-refractivity contribution is 14.0. The number of hydrogen-bond donors (Lipinski definition) is 2. The van der Waals surface area contributed by atoms with E-state index in [4.69, 9.17) is 14.5 Å². The van der Waals surface area contributed by atoms with Gasteiger partial charge in [0.2, 0.25) is 0 Å². The number of ether oxygens (including phenoxy) is 2. The summed E-state index contributed by atoms with van der Waals surface area (Å²) in [5.74, 6) is 0.840. The molecule has 0 unspecified atom stereocenters. The molecular formula is C17H31IN4O2S. The summed E-state index contributed by atoms with van der Waals surface area (Å²) in [6, 6.07) is 0. The van der Waals surface area contributed by atoms with E-state index in [0.29, 0.717) is 6.54 Å². The van der Waals surface area contributed by atoms with Crippen molar-refractivity contribution in [2.24, 2.45) is 4.99 Å². The van der Waals surface area contributed by atoms with Crippen LogP contribution in [0.2, 0.25) is 0 Å². The van der Waals surface area contributed by atoms with Crippen LogP contribution in [0.15, 0.2) is 11.2 Å². The summed E-state index contributed by atoms with van der Waals surface area (Å²) in [4.78, 5) is 10.5. The van der Waals surface area contributed by atoms with Crippen LogP contribution in [-0.2, 0) is 22.3 Å². The Morgan fingerprint density at radius 2 is 2.12 bits per heavy atom. The maximum absolute atomic E-state index is 5.75. The van der Waals surface area contributed by atoms with E-state index in [2.05, 4.69) is 29.5 Å². The topological polar surface area (TPSA) is 67.8 Å². The van der Waals surface area contributed by atoms with Crippen molar-refractivity contribution >= 4 is 41.3 Å². The number of nitrogens with zero attached hydrogens (tertiary/aromatic N) is 2. The van der Waals surface area contributed by atoms with E-state index >= 15 is 0 Å². The van der Waals surface area contributed by atoms with Crippen LogP contribution >= 0.6 is 35.3 Å². The van der Waals surface area contributed by atoms with Crippen molar-refractivity contribution in [3.8, 4) is 0 Å². The molecule has 0 aliphatic carbocycles. The summed E-state index contributed by atoms with van der Waals surface area (Å²) in [5.41, 5.74) is -0.189. The first-order chi connectivity index (χ1) is 11.7. The fourth-order valence-electron chi connectivity index (χ4n) is 2.65. The number of hydrogen-bond acceptors (Lipinski definition) is 5. The summed E-state index contributed by atoms with van der Waals surface area (Å²) >= 11 is 1.79. The molecule has 2 N–H and O–H groups in total. The number of aromatic nitrogens is 1. The Kier molecular flexibility index (Phi) is 10.9. The number of halogens is 1. The molecule has 0 spiro atoms. The maximum Gasteiger partial charge on any atom is 0.191 e. The molecule has 0 atom stereocenters. The molecular weight excluding hydrogens is 451 g/mol. The molecule has 0 saturated carbocycles. The Bertz CT molecular complexity index is 519. The molecule has 144 valence electrons. The molecule has 0 bridgehead atoms. The van der Waals surface area contributed by atoms with Gasteiger partial charge in [0, 0.05) is 63.7 Å². The van der Waals surface area contributed by atoms with Gasteiger partial charge in [0.05, 0.1) is 17.2 Å². The van der Waals surface area contributed by atoms with Crippen molar-refractivity contribution < 1.29 is 9.47 Å². The van der Waals surface area contributed by atoms with Gasteiger partial charge < -0.3 is 20.1 Å². The van der Waals surface area contributed by atoms with Crippen LogP contribution < -0.4 is 10.6 Å². The van der Waals surface area contributed by atoms with Crippen LogP contribution in [0, 0.1) is 0 Å². The van der Waals surface area contributed by atoms with E-state index in [9.17, 15) is 0 Å². The Morgan fingerprint density at radius 3 is 2.72 bits per heavy atom. The molecule has 2 rings (SSSR count). The third-order valence-corrected chi connectivity index (χ3v) is 5.49. The second-order valence-corrected chi connectivity index (χ2v) is 7.15. The number of rotatable bonds is 8. The van der Waals surface area contributed by atoms with Gasteiger partial charge in [-0.1, -0.05) is 6.92 Å². The minimum absolute atomic E-state index is 0. The number of aryl methyl sites for hydroxylation is 1. The smallest absolute Gasteiger partial charge is 0.191 e. The van der Waals surface area contributed by atoms with Crippen LogP contribution in [0.4, 0.5) is 0 Å². The molecule has 1 saturated heterocycles. The standard InChI is InChI=1S/C17H30N4O2S.HI/c1-4-14-12-20-15(24-14)6-9-19-16(18-5-2)21-13-17(22-3)7-10-23-11-8-17;/h12H,4-11,13H2,1-3H3,(H2,18,19,21);1H. The molecule has 0 radical (unpaired) electrons. The zero-order chi connectivity index (χ0) is 17.3. The van der Waals surface area contributed by atoms with E-state index in [-0.39, 0.29) is 29.6 Å². The van der Waals surface area contributed by atoms with Crippen molar-refractivity contribution in [1.29, 1.82) is 0 Å². The molecule has 25 heavy (non-hydrogen) atoms. The minimum Gasteiger partial charge on any atom is -0.381 e. The molecule has 1 aliphatic rings. The van der Waals surface area contributed by atoms with Gasteiger partial charge in [-0.25, -0.2) is 4.98 Å². The van der Waals surface area contributed by atoms with Gasteiger partial charge in [-0.05, 0) is 13.3 Å². The van der Waals surface area contributed by atoms with E-state index < -0.39 is 0 Å². The normalized spacial score (nSPS) is 17.0. The van der Waals surface area contributed by atoms with Gasteiger partial charge in [0.25, 0.3) is 0 Å². The molecule has 1 aromatic heterocycles. The summed E-state index contributed by atoms with van der Waals surface area (Å²) in [6.45, 7) is 8.05. The summed E-state index contributed by atoms with van der Waals surface area (Å²) in [5, 5.41) is 7.87. The first-order valence-electron chi connectivity index (χ1n) is 8.80. The largest absolute Gasteiger partial charge is 0.381 e. The summed E-state index contributed by atoms with van der Waals surface area (Å²) in [7, 11) is 1.77. The van der Waals surface area contributed by atoms with Crippen molar-refractivity contribution in [2.45, 2.75) is 45.1 Å². The molecule has 1 fully saturated rings. The lowest BCUT2D eigenvalue weighted by molar-refractivity contribution is -0.0828. The highest BCUT2D eigenvalue weighted by Crippen LogP contribution is 2.24. The predicted octanol–water partition coefficient (Wildman–Crippen LogP) is 2.62. The summed E-state index contributed by atoms with van der Waals surface area (Å²) < 4.78 is 11.2. The van der Waals surface area contributed by atoms with E-state index in [1.54, 1.807) is 18.4 Å². The Balaban J connectivity index is 0.00000312. The van der Waals surface area contributed by atoms with Crippen molar-refractivity contribution in [2.75, 3.05) is 40.0 Å². The lowest BCUT2D eigenvalue weighted by Crippen LogP contribution is -2.44. The van der Waals surface area contributed by atoms with Gasteiger partial charge in [0.15, 0.2) is 5.96 Å².